The predicted molar refractivity (Wildman–Crippen MR) is 70.8 cm³/mol. The molecule has 2 aromatic heterocycles. The second-order valence-corrected chi connectivity index (χ2v) is 4.32. The maximum Gasteiger partial charge on any atom is 0.358 e. The Morgan fingerprint density at radius 1 is 1.30 bits per heavy atom. The summed E-state index contributed by atoms with van der Waals surface area (Å²) >= 11 is 0. The van der Waals surface area contributed by atoms with Crippen LogP contribution in [0.2, 0.25) is 0 Å². The normalized spacial score (nSPS) is 10.8. The number of nitrogens with zero attached hydrogens (tertiary/aromatic N) is 2. The lowest BCUT2D eigenvalue weighted by atomic mass is 10.2. The van der Waals surface area contributed by atoms with Crippen LogP contribution in [0.5, 0.6) is 0 Å². The molecule has 0 unspecified atom stereocenters. The molecule has 100 valence electrons. The van der Waals surface area contributed by atoms with E-state index < -0.39 is 5.97 Å². The highest BCUT2D eigenvalue weighted by molar-refractivity contribution is 5.85. The molecule has 0 saturated carbocycles. The van der Waals surface area contributed by atoms with Gasteiger partial charge in [0.2, 0.25) is 0 Å². The monoisotopic (exact) mass is 270 g/mol. The zero-order chi connectivity index (χ0) is 14.1. The third-order valence-corrected chi connectivity index (χ3v) is 2.99. The molecule has 3 aromatic rings. The number of hydrogen-bond acceptors (Lipinski definition) is 4. The Kier molecular flexibility index (Phi) is 2.83. The van der Waals surface area contributed by atoms with Gasteiger partial charge in [0, 0.05) is 17.6 Å². The molecular weight excluding hydrogens is 260 g/mol. The molecule has 0 aliphatic carbocycles. The topological polar surface area (TPSA) is 85.3 Å². The van der Waals surface area contributed by atoms with Gasteiger partial charge in [0.1, 0.15) is 0 Å². The Balaban J connectivity index is 2.00. The fourth-order valence-electron chi connectivity index (χ4n) is 2.01. The minimum atomic E-state index is -1.16. The van der Waals surface area contributed by atoms with Crippen LogP contribution in [0, 0.1) is 0 Å². The minimum Gasteiger partial charge on any atom is -0.476 e. The van der Waals surface area contributed by atoms with Crippen LogP contribution in [-0.4, -0.2) is 20.8 Å². The Bertz CT molecular complexity index is 848. The van der Waals surface area contributed by atoms with Gasteiger partial charge in [-0.3, -0.25) is 4.79 Å². The number of hydrogen-bond donors (Lipinski definition) is 1. The summed E-state index contributed by atoms with van der Waals surface area (Å²) in [7, 11) is 0. The molecule has 0 radical (unpaired) electrons. The zero-order valence-electron chi connectivity index (χ0n) is 10.3. The van der Waals surface area contributed by atoms with Crippen LogP contribution < -0.4 is 5.56 Å². The number of benzene rings is 1. The highest BCUT2D eigenvalue weighted by Crippen LogP contribution is 2.10. The third-order valence-electron chi connectivity index (χ3n) is 2.99. The van der Waals surface area contributed by atoms with E-state index in [1.54, 1.807) is 18.3 Å². The molecule has 2 heterocycles. The average molecular weight is 270 g/mol. The van der Waals surface area contributed by atoms with Crippen molar-refractivity contribution in [2.45, 2.75) is 6.54 Å². The lowest BCUT2D eigenvalue weighted by Gasteiger charge is -2.04. The number of carbonyl (C=O) groups is 1. The van der Waals surface area contributed by atoms with Crippen molar-refractivity contribution in [1.29, 1.82) is 0 Å². The lowest BCUT2D eigenvalue weighted by molar-refractivity contribution is 0.0685. The molecule has 0 atom stereocenters. The SMILES string of the molecule is O=C(O)c1cc(Cn2ccc3ccccc3c2=O)on1. The predicted octanol–water partition coefficient (Wildman–Crippen LogP) is 1.74. The smallest absolute Gasteiger partial charge is 0.358 e. The summed E-state index contributed by atoms with van der Waals surface area (Å²) in [6, 6.07) is 10.4. The highest BCUT2D eigenvalue weighted by Gasteiger charge is 2.11. The van der Waals surface area contributed by atoms with Gasteiger partial charge in [0.25, 0.3) is 5.56 Å². The molecule has 0 bridgehead atoms. The second-order valence-electron chi connectivity index (χ2n) is 4.32. The number of aromatic nitrogens is 2. The molecule has 20 heavy (non-hydrogen) atoms. The zero-order valence-corrected chi connectivity index (χ0v) is 10.3. The van der Waals surface area contributed by atoms with Gasteiger partial charge in [-0.15, -0.1) is 0 Å². The molecule has 0 fully saturated rings. The van der Waals surface area contributed by atoms with Crippen molar-refractivity contribution in [3.63, 3.8) is 0 Å². The quantitative estimate of drug-likeness (QED) is 0.783. The molecule has 6 nitrogen and oxygen atoms in total. The molecular formula is C14H10N2O4. The number of carboxylic acids is 1. The van der Waals surface area contributed by atoms with Gasteiger partial charge in [0.05, 0.1) is 6.54 Å². The molecule has 6 heteroatoms. The Labute approximate surface area is 112 Å². The lowest BCUT2D eigenvalue weighted by Crippen LogP contribution is -2.19. The summed E-state index contributed by atoms with van der Waals surface area (Å²) in [5.41, 5.74) is -0.329. The Morgan fingerprint density at radius 3 is 2.85 bits per heavy atom. The minimum absolute atomic E-state index is 0.143. The summed E-state index contributed by atoms with van der Waals surface area (Å²) in [5, 5.41) is 13.6. The number of pyridine rings is 1. The summed E-state index contributed by atoms with van der Waals surface area (Å²) in [6.07, 6.45) is 1.65. The first-order valence-corrected chi connectivity index (χ1v) is 5.92. The van der Waals surface area contributed by atoms with Crippen LogP contribution in [-0.2, 0) is 6.54 Å². The van der Waals surface area contributed by atoms with Gasteiger partial charge < -0.3 is 14.2 Å². The number of aromatic carboxylic acids is 1. The largest absolute Gasteiger partial charge is 0.476 e. The Morgan fingerprint density at radius 2 is 2.10 bits per heavy atom. The number of rotatable bonds is 3. The molecule has 0 saturated heterocycles. The van der Waals surface area contributed by atoms with Gasteiger partial charge in [0.15, 0.2) is 11.5 Å². The number of carboxylic acid groups (broad SMARTS) is 1. The van der Waals surface area contributed by atoms with Crippen molar-refractivity contribution in [3.05, 3.63) is 64.4 Å². The van der Waals surface area contributed by atoms with E-state index in [4.69, 9.17) is 9.63 Å². The van der Waals surface area contributed by atoms with Crippen LogP contribution in [0.4, 0.5) is 0 Å². The van der Waals surface area contributed by atoms with Gasteiger partial charge in [-0.05, 0) is 17.5 Å². The van der Waals surface area contributed by atoms with E-state index in [9.17, 15) is 9.59 Å². The summed E-state index contributed by atoms with van der Waals surface area (Å²) in [4.78, 5) is 23.0. The fraction of sp³-hybridized carbons (Fsp3) is 0.0714. The van der Waals surface area contributed by atoms with E-state index in [2.05, 4.69) is 5.16 Å². The van der Waals surface area contributed by atoms with E-state index in [0.29, 0.717) is 11.1 Å². The molecule has 1 N–H and O–H groups in total. The van der Waals surface area contributed by atoms with Crippen molar-refractivity contribution in [2.24, 2.45) is 0 Å². The van der Waals surface area contributed by atoms with Gasteiger partial charge in [-0.1, -0.05) is 23.4 Å². The number of fused-ring (bicyclic) bond motifs is 1. The Hall–Kier alpha value is -2.89. The molecule has 1 aromatic carbocycles. The molecule has 0 spiro atoms. The first-order valence-electron chi connectivity index (χ1n) is 5.92. The van der Waals surface area contributed by atoms with Gasteiger partial charge in [-0.2, -0.15) is 0 Å². The summed E-state index contributed by atoms with van der Waals surface area (Å²) in [6.45, 7) is 0.143. The summed E-state index contributed by atoms with van der Waals surface area (Å²) in [5.74, 6) is -0.842. The highest BCUT2D eigenvalue weighted by atomic mass is 16.5. The van der Waals surface area contributed by atoms with Gasteiger partial charge >= 0.3 is 5.97 Å². The van der Waals surface area contributed by atoms with E-state index >= 15 is 0 Å². The van der Waals surface area contributed by atoms with Gasteiger partial charge in [-0.25, -0.2) is 4.79 Å². The van der Waals surface area contributed by atoms with E-state index in [1.165, 1.54) is 10.6 Å². The average Bonchev–Trinajstić information content (AvgIpc) is 2.91. The molecule has 0 amide bonds. The van der Waals surface area contributed by atoms with Crippen molar-refractivity contribution >= 4 is 16.7 Å². The first kappa shape index (κ1) is 12.2. The van der Waals surface area contributed by atoms with E-state index in [-0.39, 0.29) is 17.8 Å². The van der Waals surface area contributed by atoms with E-state index in [1.807, 2.05) is 18.2 Å². The van der Waals surface area contributed by atoms with Crippen molar-refractivity contribution < 1.29 is 14.4 Å². The summed E-state index contributed by atoms with van der Waals surface area (Å²) < 4.78 is 6.36. The molecule has 0 aliphatic rings. The maximum absolute atomic E-state index is 12.3. The van der Waals surface area contributed by atoms with Crippen molar-refractivity contribution in [2.75, 3.05) is 0 Å². The molecule has 0 aliphatic heterocycles. The van der Waals surface area contributed by atoms with Crippen LogP contribution in [0.25, 0.3) is 10.8 Å². The van der Waals surface area contributed by atoms with Crippen molar-refractivity contribution in [1.82, 2.24) is 9.72 Å². The van der Waals surface area contributed by atoms with Crippen LogP contribution in [0.1, 0.15) is 16.2 Å². The van der Waals surface area contributed by atoms with E-state index in [0.717, 1.165) is 5.39 Å². The first-order chi connectivity index (χ1) is 9.65. The van der Waals surface area contributed by atoms with Crippen LogP contribution in [0.15, 0.2) is 51.9 Å². The standard InChI is InChI=1S/C14H10N2O4/c17-13-11-4-2-1-3-9(11)5-6-16(13)8-10-7-12(14(18)19)15-20-10/h1-7H,8H2,(H,18,19). The molecule has 3 rings (SSSR count). The van der Waals surface area contributed by atoms with Crippen LogP contribution in [0.3, 0.4) is 0 Å². The van der Waals surface area contributed by atoms with Crippen molar-refractivity contribution in [3.8, 4) is 0 Å². The second kappa shape index (κ2) is 4.65. The fourth-order valence-corrected chi connectivity index (χ4v) is 2.01. The third kappa shape index (κ3) is 2.07. The van der Waals surface area contributed by atoms with Crippen LogP contribution >= 0.6 is 0 Å². The maximum atomic E-state index is 12.3.